The normalized spacial score (nSPS) is 10.7. The van der Waals surface area contributed by atoms with Gasteiger partial charge in [-0.25, -0.2) is 4.79 Å². The van der Waals surface area contributed by atoms with Gasteiger partial charge in [-0.1, -0.05) is 24.3 Å². The lowest BCUT2D eigenvalue weighted by atomic mass is 10.0. The number of esters is 1. The molecule has 0 spiro atoms. The van der Waals surface area contributed by atoms with Gasteiger partial charge in [0.05, 0.1) is 29.2 Å². The van der Waals surface area contributed by atoms with Crippen molar-refractivity contribution >= 4 is 23.3 Å². The Balaban J connectivity index is 1.75. The van der Waals surface area contributed by atoms with Crippen LogP contribution in [-0.2, 0) is 0 Å². The summed E-state index contributed by atoms with van der Waals surface area (Å²) in [7, 11) is 1.54. The highest BCUT2D eigenvalue weighted by Gasteiger charge is 2.12. The Kier molecular flexibility index (Phi) is 6.20. The number of rotatable bonds is 6. The molecule has 0 fully saturated rings. The van der Waals surface area contributed by atoms with Gasteiger partial charge < -0.3 is 9.47 Å². The third-order valence-corrected chi connectivity index (χ3v) is 4.23. The van der Waals surface area contributed by atoms with Gasteiger partial charge in [0.25, 0.3) is 5.69 Å². The first-order valence-electron chi connectivity index (χ1n) is 8.83. The second-order valence-electron chi connectivity index (χ2n) is 6.13. The lowest BCUT2D eigenvalue weighted by Crippen LogP contribution is -2.08. The molecule has 3 rings (SSSR count). The Morgan fingerprint density at radius 1 is 1.03 bits per heavy atom. The summed E-state index contributed by atoms with van der Waals surface area (Å²) in [5.41, 5.74) is 1.95. The highest BCUT2D eigenvalue weighted by molar-refractivity contribution is 5.92. The van der Waals surface area contributed by atoms with Gasteiger partial charge in [-0.05, 0) is 48.0 Å². The third-order valence-electron chi connectivity index (χ3n) is 4.23. The number of ether oxygens (including phenoxy) is 2. The van der Waals surface area contributed by atoms with Crippen molar-refractivity contribution in [3.63, 3.8) is 0 Å². The monoisotopic (exact) mass is 400 g/mol. The van der Waals surface area contributed by atoms with E-state index >= 15 is 0 Å². The van der Waals surface area contributed by atoms with Crippen LogP contribution in [0.2, 0.25) is 0 Å². The molecule has 0 saturated carbocycles. The number of carbonyl (C=O) groups excluding carboxylic acids is 1. The molecule has 0 N–H and O–H groups in total. The second kappa shape index (κ2) is 9.17. The number of para-hydroxylation sites is 1. The fourth-order valence-electron chi connectivity index (χ4n) is 2.72. The lowest BCUT2D eigenvalue weighted by Gasteiger charge is -2.07. The van der Waals surface area contributed by atoms with Gasteiger partial charge in [-0.15, -0.1) is 0 Å². The highest BCUT2D eigenvalue weighted by atomic mass is 16.6. The number of hydrogen-bond acceptors (Lipinski definition) is 6. The summed E-state index contributed by atoms with van der Waals surface area (Å²) in [4.78, 5) is 22.3. The van der Waals surface area contributed by atoms with E-state index in [1.54, 1.807) is 49.6 Å². The van der Waals surface area contributed by atoms with E-state index in [1.807, 2.05) is 12.1 Å². The number of carbonyl (C=O) groups is 1. The summed E-state index contributed by atoms with van der Waals surface area (Å²) in [5, 5.41) is 20.2. The zero-order chi connectivity index (χ0) is 21.5. The summed E-state index contributed by atoms with van der Waals surface area (Å²) in [6.45, 7) is 0. The van der Waals surface area contributed by atoms with E-state index in [-0.39, 0.29) is 11.3 Å². The maximum Gasteiger partial charge on any atom is 0.343 e. The van der Waals surface area contributed by atoms with Gasteiger partial charge in [0.15, 0.2) is 0 Å². The molecular formula is C23H16N2O5. The molecule has 7 nitrogen and oxygen atoms in total. The van der Waals surface area contributed by atoms with Crippen LogP contribution in [0.4, 0.5) is 5.69 Å². The van der Waals surface area contributed by atoms with Crippen LogP contribution >= 0.6 is 0 Å². The van der Waals surface area contributed by atoms with Crippen molar-refractivity contribution in [2.45, 2.75) is 0 Å². The van der Waals surface area contributed by atoms with Crippen molar-refractivity contribution in [2.24, 2.45) is 0 Å². The Morgan fingerprint density at radius 3 is 2.30 bits per heavy atom. The molecule has 7 heteroatoms. The van der Waals surface area contributed by atoms with Crippen LogP contribution in [0.15, 0.2) is 72.8 Å². The molecule has 3 aromatic carbocycles. The number of benzene rings is 3. The Labute approximate surface area is 172 Å². The predicted octanol–water partition coefficient (Wildman–Crippen LogP) is 4.89. The maximum atomic E-state index is 12.2. The molecule has 0 aliphatic heterocycles. The average Bonchev–Trinajstić information content (AvgIpc) is 2.78. The van der Waals surface area contributed by atoms with Gasteiger partial charge in [0, 0.05) is 17.7 Å². The minimum atomic E-state index is -0.625. The van der Waals surface area contributed by atoms with Gasteiger partial charge in [-0.2, -0.15) is 5.26 Å². The average molecular weight is 400 g/mol. The van der Waals surface area contributed by atoms with Crippen LogP contribution in [0.1, 0.15) is 21.5 Å². The molecule has 0 unspecified atom stereocenters. The molecular weight excluding hydrogens is 384 g/mol. The van der Waals surface area contributed by atoms with Crippen LogP contribution in [0.25, 0.3) is 11.6 Å². The van der Waals surface area contributed by atoms with E-state index in [0.29, 0.717) is 22.6 Å². The standard InChI is InChI=1S/C23H16N2O5/c1-29-22-5-3-2-4-21(22)18(15-24)14-16-6-12-20(13-7-16)30-23(26)17-8-10-19(11-9-17)25(27)28/h2-14H,1H3/b18-14-. The van der Waals surface area contributed by atoms with Crippen molar-refractivity contribution < 1.29 is 19.2 Å². The van der Waals surface area contributed by atoms with Crippen LogP contribution in [0.5, 0.6) is 11.5 Å². The van der Waals surface area contributed by atoms with Crippen LogP contribution < -0.4 is 9.47 Å². The summed E-state index contributed by atoms with van der Waals surface area (Å²) in [6, 6.07) is 21.2. The minimum Gasteiger partial charge on any atom is -0.496 e. The zero-order valence-corrected chi connectivity index (χ0v) is 15.9. The Bertz CT molecular complexity index is 1140. The molecule has 0 radical (unpaired) electrons. The van der Waals surface area contributed by atoms with E-state index in [1.165, 1.54) is 24.3 Å². The topological polar surface area (TPSA) is 102 Å². The largest absolute Gasteiger partial charge is 0.496 e. The van der Waals surface area contributed by atoms with Crippen LogP contribution in [-0.4, -0.2) is 18.0 Å². The molecule has 0 atom stereocenters. The first kappa shape index (κ1) is 20.3. The highest BCUT2D eigenvalue weighted by Crippen LogP contribution is 2.27. The quantitative estimate of drug-likeness (QED) is 0.146. The fourth-order valence-corrected chi connectivity index (χ4v) is 2.72. The first-order chi connectivity index (χ1) is 14.5. The van der Waals surface area contributed by atoms with Crippen molar-refractivity contribution in [2.75, 3.05) is 7.11 Å². The van der Waals surface area contributed by atoms with Gasteiger partial charge in [-0.3, -0.25) is 10.1 Å². The number of hydrogen-bond donors (Lipinski definition) is 0. The molecule has 0 heterocycles. The SMILES string of the molecule is COc1ccccc1/C(C#N)=C\c1ccc(OC(=O)c2ccc([N+](=O)[O-])cc2)cc1. The zero-order valence-electron chi connectivity index (χ0n) is 15.9. The van der Waals surface area contributed by atoms with Gasteiger partial charge in [0.2, 0.25) is 0 Å². The summed E-state index contributed by atoms with van der Waals surface area (Å²) >= 11 is 0. The van der Waals surface area contributed by atoms with Crippen molar-refractivity contribution in [3.8, 4) is 17.6 Å². The van der Waals surface area contributed by atoms with Crippen molar-refractivity contribution in [1.29, 1.82) is 5.26 Å². The Morgan fingerprint density at radius 2 is 1.70 bits per heavy atom. The number of non-ortho nitro benzene ring substituents is 1. The van der Waals surface area contributed by atoms with E-state index in [2.05, 4.69) is 6.07 Å². The summed E-state index contributed by atoms with van der Waals surface area (Å²) < 4.78 is 10.6. The van der Waals surface area contributed by atoms with E-state index in [9.17, 15) is 20.2 Å². The van der Waals surface area contributed by atoms with E-state index in [4.69, 9.17) is 9.47 Å². The molecule has 0 aliphatic carbocycles. The number of nitro benzene ring substituents is 1. The fraction of sp³-hybridized carbons (Fsp3) is 0.0435. The molecule has 148 valence electrons. The first-order valence-corrected chi connectivity index (χ1v) is 8.83. The smallest absolute Gasteiger partial charge is 0.343 e. The number of nitro groups is 1. The molecule has 0 bridgehead atoms. The number of allylic oxidation sites excluding steroid dienone is 1. The van der Waals surface area contributed by atoms with Crippen molar-refractivity contribution in [1.82, 2.24) is 0 Å². The van der Waals surface area contributed by atoms with Gasteiger partial charge in [0.1, 0.15) is 11.5 Å². The number of nitriles is 1. The summed E-state index contributed by atoms with van der Waals surface area (Å²) in [6.07, 6.45) is 1.71. The number of nitrogens with zero attached hydrogens (tertiary/aromatic N) is 2. The van der Waals surface area contributed by atoms with Crippen LogP contribution in [0.3, 0.4) is 0 Å². The number of methoxy groups -OCH3 is 1. The minimum absolute atomic E-state index is 0.106. The summed E-state index contributed by atoms with van der Waals surface area (Å²) in [5.74, 6) is 0.283. The third kappa shape index (κ3) is 4.69. The van der Waals surface area contributed by atoms with Gasteiger partial charge >= 0.3 is 5.97 Å². The molecule has 0 aromatic heterocycles. The molecule has 0 aliphatic rings. The molecule has 0 saturated heterocycles. The maximum absolute atomic E-state index is 12.2. The molecule has 3 aromatic rings. The lowest BCUT2D eigenvalue weighted by molar-refractivity contribution is -0.384. The Hall–Kier alpha value is -4.44. The van der Waals surface area contributed by atoms with E-state index in [0.717, 1.165) is 5.56 Å². The van der Waals surface area contributed by atoms with E-state index < -0.39 is 10.9 Å². The predicted molar refractivity (Wildman–Crippen MR) is 111 cm³/mol. The van der Waals surface area contributed by atoms with Crippen molar-refractivity contribution in [3.05, 3.63) is 99.6 Å². The van der Waals surface area contributed by atoms with Crippen LogP contribution in [0, 0.1) is 21.4 Å². The molecule has 0 amide bonds. The molecule has 30 heavy (non-hydrogen) atoms. The second-order valence-corrected chi connectivity index (χ2v) is 6.13.